The smallest absolute Gasteiger partial charge is 0.305 e. The second-order valence-electron chi connectivity index (χ2n) is 3.26. The molecule has 0 aliphatic heterocycles. The van der Waals surface area contributed by atoms with Gasteiger partial charge in [-0.05, 0) is 34.2 Å². The Hall–Kier alpha value is -1.11. The van der Waals surface area contributed by atoms with Crippen molar-refractivity contribution in [1.82, 2.24) is 5.32 Å². The lowest BCUT2D eigenvalue weighted by atomic mass is 10.1. The molecule has 0 atom stereocenters. The summed E-state index contributed by atoms with van der Waals surface area (Å²) in [7, 11) is 0. The van der Waals surface area contributed by atoms with Crippen LogP contribution in [-0.4, -0.2) is 23.5 Å². The zero-order chi connectivity index (χ0) is 12.0. The molecule has 1 aromatic rings. The summed E-state index contributed by atoms with van der Waals surface area (Å²) in [4.78, 5) is 21.7. The number of carboxylic acids is 1. The van der Waals surface area contributed by atoms with Crippen molar-refractivity contribution in [3.05, 3.63) is 33.4 Å². The zero-order valence-corrected chi connectivity index (χ0v) is 10.7. The van der Waals surface area contributed by atoms with E-state index in [0.29, 0.717) is 6.42 Å². The first-order valence-electron chi connectivity index (χ1n) is 4.81. The van der Waals surface area contributed by atoms with Crippen LogP contribution in [0.5, 0.6) is 0 Å². The topological polar surface area (TPSA) is 66.4 Å². The molecule has 1 rings (SSSR count). The van der Waals surface area contributed by atoms with Gasteiger partial charge in [-0.1, -0.05) is 18.2 Å². The van der Waals surface area contributed by atoms with Crippen molar-refractivity contribution >= 4 is 34.5 Å². The summed E-state index contributed by atoms with van der Waals surface area (Å²) < 4.78 is 1.04. The summed E-state index contributed by atoms with van der Waals surface area (Å²) in [5.74, 6) is -1.06. The maximum atomic E-state index is 11.4. The van der Waals surface area contributed by atoms with Crippen LogP contribution in [0.4, 0.5) is 0 Å². The Bertz CT molecular complexity index is 393. The molecule has 2 N–H and O–H groups in total. The number of carboxylic acid groups (broad SMARTS) is 1. The molecular weight excluding hydrogens is 321 g/mol. The predicted molar refractivity (Wildman–Crippen MR) is 68.1 cm³/mol. The second-order valence-corrected chi connectivity index (χ2v) is 4.42. The summed E-state index contributed by atoms with van der Waals surface area (Å²) in [5.41, 5.74) is 0.955. The van der Waals surface area contributed by atoms with Crippen LogP contribution in [0.25, 0.3) is 0 Å². The number of amides is 1. The number of nitrogens with one attached hydrogen (secondary N) is 1. The fourth-order valence-electron chi connectivity index (χ4n) is 1.19. The normalized spacial score (nSPS) is 9.81. The Morgan fingerprint density at radius 2 is 2.00 bits per heavy atom. The van der Waals surface area contributed by atoms with Gasteiger partial charge in [0.05, 0.1) is 12.8 Å². The quantitative estimate of drug-likeness (QED) is 0.801. The summed E-state index contributed by atoms with van der Waals surface area (Å²) in [6, 6.07) is 7.61. The lowest BCUT2D eigenvalue weighted by Gasteiger charge is -2.05. The van der Waals surface area contributed by atoms with Crippen molar-refractivity contribution in [2.24, 2.45) is 0 Å². The minimum atomic E-state index is -0.908. The monoisotopic (exact) mass is 333 g/mol. The number of aliphatic carboxylic acids is 1. The fraction of sp³-hybridized carbons (Fsp3) is 0.273. The molecule has 0 fully saturated rings. The van der Waals surface area contributed by atoms with E-state index in [1.54, 1.807) is 0 Å². The van der Waals surface area contributed by atoms with Gasteiger partial charge in [0.25, 0.3) is 0 Å². The van der Waals surface area contributed by atoms with Crippen molar-refractivity contribution < 1.29 is 14.7 Å². The van der Waals surface area contributed by atoms with E-state index in [-0.39, 0.29) is 18.9 Å². The van der Waals surface area contributed by atoms with Crippen LogP contribution in [-0.2, 0) is 16.0 Å². The molecule has 0 unspecified atom stereocenters. The summed E-state index contributed by atoms with van der Waals surface area (Å²) in [5, 5.41) is 11.0. The fourth-order valence-corrected chi connectivity index (χ4v) is 1.76. The highest BCUT2D eigenvalue weighted by Gasteiger charge is 2.06. The molecule has 0 spiro atoms. The Balaban J connectivity index is 2.40. The first-order valence-corrected chi connectivity index (χ1v) is 5.89. The van der Waals surface area contributed by atoms with Gasteiger partial charge in [0.1, 0.15) is 0 Å². The zero-order valence-electron chi connectivity index (χ0n) is 8.57. The Labute approximate surface area is 107 Å². The molecule has 0 aliphatic rings. The highest BCUT2D eigenvalue weighted by molar-refractivity contribution is 14.1. The van der Waals surface area contributed by atoms with Crippen molar-refractivity contribution in [2.45, 2.75) is 12.8 Å². The van der Waals surface area contributed by atoms with E-state index < -0.39 is 5.97 Å². The van der Waals surface area contributed by atoms with Gasteiger partial charge in [0, 0.05) is 10.1 Å². The van der Waals surface area contributed by atoms with Crippen molar-refractivity contribution in [2.75, 3.05) is 6.54 Å². The van der Waals surface area contributed by atoms with Gasteiger partial charge in [-0.3, -0.25) is 9.59 Å². The number of hydrogen-bond donors (Lipinski definition) is 2. The van der Waals surface area contributed by atoms with E-state index in [4.69, 9.17) is 5.11 Å². The third kappa shape index (κ3) is 4.61. The second kappa shape index (κ2) is 6.47. The van der Waals surface area contributed by atoms with Crippen LogP contribution in [0.2, 0.25) is 0 Å². The SMILES string of the molecule is O=C(O)CCNC(=O)Cc1ccccc1I. The van der Waals surface area contributed by atoms with Crippen molar-refractivity contribution in [1.29, 1.82) is 0 Å². The number of hydrogen-bond acceptors (Lipinski definition) is 2. The molecule has 0 bridgehead atoms. The first kappa shape index (κ1) is 13.0. The third-order valence-electron chi connectivity index (χ3n) is 1.97. The van der Waals surface area contributed by atoms with Gasteiger partial charge in [-0.2, -0.15) is 0 Å². The summed E-state index contributed by atoms with van der Waals surface area (Å²) in [6.45, 7) is 0.178. The van der Waals surface area contributed by atoms with Crippen molar-refractivity contribution in [3.63, 3.8) is 0 Å². The Morgan fingerprint density at radius 3 is 2.62 bits per heavy atom. The number of halogens is 1. The molecule has 0 radical (unpaired) electrons. The lowest BCUT2D eigenvalue weighted by molar-refractivity contribution is -0.136. The number of carbonyl (C=O) groups is 2. The first-order chi connectivity index (χ1) is 7.59. The van der Waals surface area contributed by atoms with Gasteiger partial charge in [-0.15, -0.1) is 0 Å². The van der Waals surface area contributed by atoms with E-state index in [9.17, 15) is 9.59 Å². The lowest BCUT2D eigenvalue weighted by Crippen LogP contribution is -2.27. The molecule has 5 heteroatoms. The Morgan fingerprint density at radius 1 is 1.31 bits per heavy atom. The maximum Gasteiger partial charge on any atom is 0.305 e. The Kier molecular flexibility index (Phi) is 5.24. The molecule has 1 aromatic carbocycles. The summed E-state index contributed by atoms with van der Waals surface area (Å²) >= 11 is 2.17. The molecule has 0 saturated carbocycles. The van der Waals surface area contributed by atoms with Gasteiger partial charge < -0.3 is 10.4 Å². The van der Waals surface area contributed by atoms with Crippen LogP contribution in [0, 0.1) is 3.57 Å². The van der Waals surface area contributed by atoms with Gasteiger partial charge in [0.15, 0.2) is 0 Å². The number of carbonyl (C=O) groups excluding carboxylic acids is 1. The summed E-state index contributed by atoms with van der Waals surface area (Å²) in [6.07, 6.45) is 0.246. The predicted octanol–water partition coefficient (Wildman–Crippen LogP) is 1.42. The largest absolute Gasteiger partial charge is 0.481 e. The average molecular weight is 333 g/mol. The average Bonchev–Trinajstić information content (AvgIpc) is 2.21. The molecule has 16 heavy (non-hydrogen) atoms. The van der Waals surface area contributed by atoms with Crippen LogP contribution >= 0.6 is 22.6 Å². The molecule has 0 heterocycles. The van der Waals surface area contributed by atoms with Gasteiger partial charge in [0.2, 0.25) is 5.91 Å². The van der Waals surface area contributed by atoms with Crippen LogP contribution < -0.4 is 5.32 Å². The van der Waals surface area contributed by atoms with Crippen molar-refractivity contribution in [3.8, 4) is 0 Å². The highest BCUT2D eigenvalue weighted by Crippen LogP contribution is 2.11. The highest BCUT2D eigenvalue weighted by atomic mass is 127. The standard InChI is InChI=1S/C11H12INO3/c12-9-4-2-1-3-8(9)7-10(14)13-6-5-11(15)16/h1-4H,5-7H2,(H,13,14)(H,15,16). The number of benzene rings is 1. The minimum absolute atomic E-state index is 0.0440. The van der Waals surface area contributed by atoms with Crippen LogP contribution in [0.15, 0.2) is 24.3 Å². The minimum Gasteiger partial charge on any atom is -0.481 e. The van der Waals surface area contributed by atoms with Crippen LogP contribution in [0.1, 0.15) is 12.0 Å². The molecule has 86 valence electrons. The van der Waals surface area contributed by atoms with E-state index >= 15 is 0 Å². The molecule has 1 amide bonds. The third-order valence-corrected chi connectivity index (χ3v) is 3.02. The van der Waals surface area contributed by atoms with Crippen LogP contribution in [0.3, 0.4) is 0 Å². The van der Waals surface area contributed by atoms with Gasteiger partial charge >= 0.3 is 5.97 Å². The molecular formula is C11H12INO3. The molecule has 4 nitrogen and oxygen atoms in total. The van der Waals surface area contributed by atoms with Gasteiger partial charge in [-0.25, -0.2) is 0 Å². The molecule has 0 saturated heterocycles. The molecule has 0 aromatic heterocycles. The molecule has 0 aliphatic carbocycles. The maximum absolute atomic E-state index is 11.4. The van der Waals surface area contributed by atoms with E-state index in [1.165, 1.54) is 0 Å². The van der Waals surface area contributed by atoms with E-state index in [0.717, 1.165) is 9.13 Å². The number of rotatable bonds is 5. The van der Waals surface area contributed by atoms with E-state index in [2.05, 4.69) is 27.9 Å². The van der Waals surface area contributed by atoms with E-state index in [1.807, 2.05) is 24.3 Å².